The Balaban J connectivity index is 0. The lowest BCUT2D eigenvalue weighted by Gasteiger charge is -2.05. The van der Waals surface area contributed by atoms with Gasteiger partial charge >= 0.3 is 0 Å². The Labute approximate surface area is 74.5 Å². The van der Waals surface area contributed by atoms with E-state index in [-0.39, 0.29) is 0 Å². The lowest BCUT2D eigenvalue weighted by atomic mass is 10.0. The molecule has 0 aromatic carbocycles. The van der Waals surface area contributed by atoms with Crippen molar-refractivity contribution in [3.05, 3.63) is 0 Å². The van der Waals surface area contributed by atoms with Crippen LogP contribution in [0.1, 0.15) is 46.0 Å². The minimum absolute atomic E-state index is 0.435. The molecule has 0 aromatic rings. The average Bonchev–Trinajstić information content (AvgIpc) is 2.04. The Bertz CT molecular complexity index is 59.5. The predicted octanol–water partition coefficient (Wildman–Crippen LogP) is 2.34. The van der Waals surface area contributed by atoms with Crippen LogP contribution in [0.4, 0.5) is 0 Å². The van der Waals surface area contributed by atoms with E-state index in [1.165, 1.54) is 25.7 Å². The minimum atomic E-state index is 0.435. The second-order valence-electron chi connectivity index (χ2n) is 2.87. The topological polar surface area (TPSA) is 9.23 Å². The van der Waals surface area contributed by atoms with Crippen LogP contribution in [-0.4, -0.2) is 22.9 Å². The summed E-state index contributed by atoms with van der Waals surface area (Å²) in [6.45, 7) is 4.16. The molecule has 1 unspecified atom stereocenters. The molecule has 0 spiro atoms. The van der Waals surface area contributed by atoms with Crippen molar-refractivity contribution in [1.29, 1.82) is 1.34 Å². The van der Waals surface area contributed by atoms with Gasteiger partial charge in [-0.3, -0.25) is 0 Å². The van der Waals surface area contributed by atoms with Gasteiger partial charge in [0.05, 0.1) is 6.10 Å². The summed E-state index contributed by atoms with van der Waals surface area (Å²) in [7, 11) is 5.48. The first-order chi connectivity index (χ1) is 5.81. The molecule has 1 nitrogen and oxygen atoms in total. The second kappa shape index (κ2) is 10.0. The number of ether oxygens (including phenoxy) is 1. The monoisotopic (exact) mass is 157 g/mol. The fourth-order valence-corrected chi connectivity index (χ4v) is 0.417. The van der Waals surface area contributed by atoms with Crippen molar-refractivity contribution < 1.29 is 4.74 Å². The van der Waals surface area contributed by atoms with E-state index in [1.54, 1.807) is 7.11 Å². The molecule has 0 aliphatic heterocycles. The SMILES string of the molecule is C1CCC1.CCC(C)OC.[2H][B]. The fourth-order valence-electron chi connectivity index (χ4n) is 0.417. The van der Waals surface area contributed by atoms with Crippen molar-refractivity contribution in [3.8, 4) is 0 Å². The minimum Gasteiger partial charge on any atom is -0.382 e. The lowest BCUT2D eigenvalue weighted by molar-refractivity contribution is 0.115. The highest BCUT2D eigenvalue weighted by Crippen LogP contribution is 2.15. The van der Waals surface area contributed by atoms with Gasteiger partial charge in [-0.15, -0.1) is 0 Å². The van der Waals surface area contributed by atoms with Gasteiger partial charge in [-0.25, -0.2) is 0 Å². The van der Waals surface area contributed by atoms with E-state index in [0.717, 1.165) is 6.42 Å². The molecule has 2 heteroatoms. The highest BCUT2D eigenvalue weighted by molar-refractivity contribution is 5.75. The summed E-state index contributed by atoms with van der Waals surface area (Å²) in [5, 5.41) is 0. The molecular formula is C9H21BO. The largest absolute Gasteiger partial charge is 0.382 e. The molecule has 0 amide bonds. The van der Waals surface area contributed by atoms with E-state index in [9.17, 15) is 0 Å². The summed E-state index contributed by atoms with van der Waals surface area (Å²) >= 11 is 0. The van der Waals surface area contributed by atoms with E-state index in [2.05, 4.69) is 22.2 Å². The van der Waals surface area contributed by atoms with E-state index >= 15 is 0 Å². The molecule has 1 aliphatic carbocycles. The van der Waals surface area contributed by atoms with Crippen LogP contribution in [0.5, 0.6) is 0 Å². The van der Waals surface area contributed by atoms with Gasteiger partial charge in [0.25, 0.3) is 0 Å². The molecule has 2 radical (unpaired) electrons. The standard InChI is InChI=1S/C5H12O.C4H8.BH/c1-4-5(2)6-3;1-2-4-3-1;/h5H,4H2,1-3H3;1-4H2;1H/i;;1D. The molecule has 11 heavy (non-hydrogen) atoms. The summed E-state index contributed by atoms with van der Waals surface area (Å²) in [4.78, 5) is 0. The first kappa shape index (κ1) is 11.0. The van der Waals surface area contributed by atoms with Crippen LogP contribution < -0.4 is 0 Å². The number of hydrogen-bond acceptors (Lipinski definition) is 1. The molecule has 0 heterocycles. The van der Waals surface area contributed by atoms with E-state index in [4.69, 9.17) is 6.07 Å². The van der Waals surface area contributed by atoms with E-state index in [1.807, 2.05) is 0 Å². The molecule has 0 N–H and O–H groups in total. The third kappa shape index (κ3) is 10.0. The zero-order valence-corrected chi connectivity index (χ0v) is 8.10. The molecule has 1 saturated carbocycles. The van der Waals surface area contributed by atoms with Crippen LogP contribution in [0.25, 0.3) is 0 Å². The molecule has 66 valence electrons. The highest BCUT2D eigenvalue weighted by Gasteiger charge is 1.95. The van der Waals surface area contributed by atoms with Crippen molar-refractivity contribution >= 4 is 8.38 Å². The van der Waals surface area contributed by atoms with Crippen LogP contribution in [0, 0.1) is 0 Å². The summed E-state index contributed by atoms with van der Waals surface area (Å²) < 4.78 is 10.1. The van der Waals surface area contributed by atoms with Gasteiger partial charge in [0.2, 0.25) is 0 Å². The maximum absolute atomic E-state index is 5.25. The maximum Gasteiger partial charge on any atom is 0.0540 e. The summed E-state index contributed by atoms with van der Waals surface area (Å²) in [6.07, 6.45) is 7.54. The Morgan fingerprint density at radius 2 is 1.73 bits per heavy atom. The van der Waals surface area contributed by atoms with Gasteiger partial charge in [0.1, 0.15) is 0 Å². The van der Waals surface area contributed by atoms with Gasteiger partial charge in [-0.1, -0.05) is 32.6 Å². The molecule has 0 aromatic heterocycles. The summed E-state index contributed by atoms with van der Waals surface area (Å²) in [5.74, 6) is 0. The lowest BCUT2D eigenvalue weighted by Crippen LogP contribution is -2.00. The Kier molecular flexibility index (Phi) is 10.0. The van der Waals surface area contributed by atoms with E-state index in [0.29, 0.717) is 6.10 Å². The third-order valence-corrected chi connectivity index (χ3v) is 1.98. The Morgan fingerprint density at radius 1 is 1.36 bits per heavy atom. The zero-order chi connectivity index (χ0) is 9.82. The van der Waals surface area contributed by atoms with E-state index < -0.39 is 0 Å². The molecule has 0 saturated heterocycles. The molecule has 1 rings (SSSR count). The maximum atomic E-state index is 5.25. The van der Waals surface area contributed by atoms with Gasteiger partial charge in [-0.05, 0) is 14.7 Å². The number of methoxy groups -OCH3 is 1. The smallest absolute Gasteiger partial charge is 0.0540 e. The van der Waals surface area contributed by atoms with Crippen LogP contribution in [-0.2, 0) is 4.74 Å². The Morgan fingerprint density at radius 3 is 1.73 bits per heavy atom. The van der Waals surface area contributed by atoms with Crippen LogP contribution in [0.15, 0.2) is 0 Å². The van der Waals surface area contributed by atoms with Gasteiger partial charge in [-0.2, -0.15) is 0 Å². The quantitative estimate of drug-likeness (QED) is 0.559. The summed E-state index contributed by atoms with van der Waals surface area (Å²) in [5.41, 5.74) is 0. The van der Waals surface area contributed by atoms with Crippen molar-refractivity contribution in [2.75, 3.05) is 7.11 Å². The third-order valence-electron chi connectivity index (χ3n) is 1.98. The first-order valence-electron chi connectivity index (χ1n) is 4.91. The molecule has 1 aliphatic rings. The molecule has 0 bridgehead atoms. The van der Waals surface area contributed by atoms with Crippen molar-refractivity contribution in [3.63, 3.8) is 0 Å². The van der Waals surface area contributed by atoms with Crippen molar-refractivity contribution in [1.82, 2.24) is 0 Å². The molecule has 1 atom stereocenters. The van der Waals surface area contributed by atoms with Gasteiger partial charge in [0.15, 0.2) is 0 Å². The second-order valence-corrected chi connectivity index (χ2v) is 2.87. The highest BCUT2D eigenvalue weighted by atomic mass is 16.5. The normalized spacial score (nSPS) is 17.2. The summed E-state index contributed by atoms with van der Waals surface area (Å²) in [6, 6.07) is 0. The first-order valence-corrected chi connectivity index (χ1v) is 4.34. The number of rotatable bonds is 2. The van der Waals surface area contributed by atoms with Gasteiger partial charge in [0, 0.05) is 15.5 Å². The average molecular weight is 157 g/mol. The van der Waals surface area contributed by atoms with Gasteiger partial charge < -0.3 is 4.74 Å². The predicted molar refractivity (Wildman–Crippen MR) is 52.4 cm³/mol. The fraction of sp³-hybridized carbons (Fsp3) is 1.00. The van der Waals surface area contributed by atoms with Crippen LogP contribution in [0.3, 0.4) is 0 Å². The molecule has 1 fully saturated rings. The van der Waals surface area contributed by atoms with Crippen LogP contribution in [0.2, 0.25) is 0 Å². The van der Waals surface area contributed by atoms with Crippen molar-refractivity contribution in [2.45, 2.75) is 52.1 Å². The van der Waals surface area contributed by atoms with Crippen LogP contribution >= 0.6 is 0 Å². The van der Waals surface area contributed by atoms with Crippen molar-refractivity contribution in [2.24, 2.45) is 0 Å². The zero-order valence-electron chi connectivity index (χ0n) is 9.10. The number of hydrogen-bond donors (Lipinski definition) is 0. The molecular weight excluding hydrogens is 135 g/mol. The Hall–Kier alpha value is 0.0249.